The van der Waals surface area contributed by atoms with Gasteiger partial charge in [0, 0.05) is 19.6 Å². The number of ether oxygens (including phenoxy) is 1. The molecule has 1 heterocycles. The zero-order chi connectivity index (χ0) is 15.2. The molecule has 1 aliphatic heterocycles. The smallest absolute Gasteiger partial charge is 0.339 e. The fraction of sp³-hybridized carbons (Fsp3) is 0.588. The second-order valence-electron chi connectivity index (χ2n) is 6.21. The molecule has 0 spiro atoms. The third kappa shape index (κ3) is 4.74. The summed E-state index contributed by atoms with van der Waals surface area (Å²) in [5, 5.41) is 9.10. The average Bonchev–Trinajstić information content (AvgIpc) is 2.43. The first-order chi connectivity index (χ1) is 10.1. The van der Waals surface area contributed by atoms with Crippen LogP contribution in [0.1, 0.15) is 37.0 Å². The molecule has 1 aliphatic rings. The average molecular weight is 291 g/mol. The molecule has 0 saturated carbocycles. The second-order valence-corrected chi connectivity index (χ2v) is 6.21. The third-order valence-corrected chi connectivity index (χ3v) is 3.94. The highest BCUT2D eigenvalue weighted by molar-refractivity contribution is 5.90. The van der Waals surface area contributed by atoms with Crippen LogP contribution in [0.2, 0.25) is 0 Å². The van der Waals surface area contributed by atoms with Crippen molar-refractivity contribution in [1.29, 1.82) is 0 Å². The van der Waals surface area contributed by atoms with Gasteiger partial charge in [-0.1, -0.05) is 26.0 Å². The lowest BCUT2D eigenvalue weighted by atomic mass is 9.92. The van der Waals surface area contributed by atoms with E-state index in [-0.39, 0.29) is 5.56 Å². The summed E-state index contributed by atoms with van der Waals surface area (Å²) < 4.78 is 5.64. The Hall–Kier alpha value is -1.55. The Morgan fingerprint density at radius 3 is 2.62 bits per heavy atom. The number of carbonyl (C=O) groups is 1. The number of benzene rings is 1. The molecule has 2 rings (SSSR count). The molecule has 1 fully saturated rings. The van der Waals surface area contributed by atoms with Crippen LogP contribution in [0.15, 0.2) is 24.3 Å². The highest BCUT2D eigenvalue weighted by atomic mass is 16.5. The first-order valence-corrected chi connectivity index (χ1v) is 7.73. The topological polar surface area (TPSA) is 49.8 Å². The second kappa shape index (κ2) is 7.46. The number of hydrogen-bond acceptors (Lipinski definition) is 3. The predicted molar refractivity (Wildman–Crippen MR) is 82.9 cm³/mol. The van der Waals surface area contributed by atoms with Crippen molar-refractivity contribution >= 4 is 5.97 Å². The maximum absolute atomic E-state index is 11.1. The monoisotopic (exact) mass is 291 g/mol. The van der Waals surface area contributed by atoms with Gasteiger partial charge >= 0.3 is 5.97 Å². The molecular formula is C17H25NO3. The Bertz CT molecular complexity index is 465. The van der Waals surface area contributed by atoms with Crippen molar-refractivity contribution in [2.45, 2.75) is 26.7 Å². The van der Waals surface area contributed by atoms with Gasteiger partial charge in [0.05, 0.1) is 6.61 Å². The number of aromatic carboxylic acids is 1. The quantitative estimate of drug-likeness (QED) is 0.818. The molecule has 1 saturated heterocycles. The molecule has 0 radical (unpaired) electrons. The minimum atomic E-state index is -0.940. The molecule has 2 atom stereocenters. The van der Waals surface area contributed by atoms with E-state index in [1.165, 1.54) is 6.42 Å². The lowest BCUT2D eigenvalue weighted by molar-refractivity contribution is 0.0691. The Morgan fingerprint density at radius 2 is 1.95 bits per heavy atom. The first kappa shape index (κ1) is 15.8. The van der Waals surface area contributed by atoms with Crippen LogP contribution in [-0.4, -0.2) is 42.2 Å². The zero-order valence-corrected chi connectivity index (χ0v) is 12.9. The van der Waals surface area contributed by atoms with Crippen molar-refractivity contribution < 1.29 is 14.6 Å². The summed E-state index contributed by atoms with van der Waals surface area (Å²) >= 11 is 0. The number of piperidine rings is 1. The number of rotatable bonds is 6. The fourth-order valence-electron chi connectivity index (χ4n) is 3.21. The Morgan fingerprint density at radius 1 is 1.29 bits per heavy atom. The molecule has 0 unspecified atom stereocenters. The normalized spacial score (nSPS) is 23.0. The summed E-state index contributed by atoms with van der Waals surface area (Å²) in [6.45, 7) is 8.52. The van der Waals surface area contributed by atoms with Crippen molar-refractivity contribution in [1.82, 2.24) is 4.90 Å². The molecule has 0 aromatic heterocycles. The van der Waals surface area contributed by atoms with E-state index in [0.29, 0.717) is 12.4 Å². The minimum absolute atomic E-state index is 0.234. The van der Waals surface area contributed by atoms with Gasteiger partial charge in [-0.05, 0) is 36.8 Å². The van der Waals surface area contributed by atoms with Gasteiger partial charge in [0.2, 0.25) is 0 Å². The number of carboxylic acids is 1. The highest BCUT2D eigenvalue weighted by Gasteiger charge is 2.21. The number of para-hydroxylation sites is 1. The molecule has 1 aromatic carbocycles. The summed E-state index contributed by atoms with van der Waals surface area (Å²) in [7, 11) is 0. The third-order valence-electron chi connectivity index (χ3n) is 3.94. The molecule has 0 aliphatic carbocycles. The zero-order valence-electron chi connectivity index (χ0n) is 12.9. The van der Waals surface area contributed by atoms with Crippen LogP contribution >= 0.6 is 0 Å². The maximum atomic E-state index is 11.1. The molecule has 4 heteroatoms. The summed E-state index contributed by atoms with van der Waals surface area (Å²) in [6.07, 6.45) is 2.24. The van der Waals surface area contributed by atoms with Crippen LogP contribution in [0, 0.1) is 11.8 Å². The number of likely N-dealkylation sites (tertiary alicyclic amines) is 1. The highest BCUT2D eigenvalue weighted by Crippen LogP contribution is 2.21. The Balaban J connectivity index is 1.76. The van der Waals surface area contributed by atoms with Gasteiger partial charge < -0.3 is 14.7 Å². The van der Waals surface area contributed by atoms with Gasteiger partial charge in [0.25, 0.3) is 0 Å². The minimum Gasteiger partial charge on any atom is -0.493 e. The van der Waals surface area contributed by atoms with Crippen molar-refractivity contribution in [2.75, 3.05) is 26.2 Å². The summed E-state index contributed by atoms with van der Waals surface area (Å²) in [5.74, 6) is 1.06. The molecule has 4 nitrogen and oxygen atoms in total. The molecule has 0 bridgehead atoms. The van der Waals surface area contributed by atoms with E-state index in [4.69, 9.17) is 9.84 Å². The van der Waals surface area contributed by atoms with Gasteiger partial charge in [0.15, 0.2) is 0 Å². The van der Waals surface area contributed by atoms with Crippen molar-refractivity contribution in [3.05, 3.63) is 29.8 Å². The molecule has 1 aromatic rings. The SMILES string of the molecule is C[C@@H]1C[C@@H](C)CN(CCCOc2ccccc2C(=O)O)C1. The van der Waals surface area contributed by atoms with E-state index < -0.39 is 5.97 Å². The standard InChI is InChI=1S/C17H25NO3/c1-13-10-14(2)12-18(11-13)8-5-9-21-16-7-4-3-6-15(16)17(19)20/h3-4,6-7,13-14H,5,8-12H2,1-2H3,(H,19,20)/t13-,14-/m1/s1. The van der Waals surface area contributed by atoms with Gasteiger partial charge in [0.1, 0.15) is 11.3 Å². The van der Waals surface area contributed by atoms with E-state index in [2.05, 4.69) is 18.7 Å². The number of nitrogens with zero attached hydrogens (tertiary/aromatic N) is 1. The van der Waals surface area contributed by atoms with E-state index in [1.54, 1.807) is 24.3 Å². The van der Waals surface area contributed by atoms with Gasteiger partial charge in [-0.2, -0.15) is 0 Å². The van der Waals surface area contributed by atoms with Gasteiger partial charge in [-0.25, -0.2) is 4.79 Å². The summed E-state index contributed by atoms with van der Waals surface area (Å²) in [4.78, 5) is 13.6. The van der Waals surface area contributed by atoms with Crippen LogP contribution in [0.5, 0.6) is 5.75 Å². The predicted octanol–water partition coefficient (Wildman–Crippen LogP) is 3.13. The fourth-order valence-corrected chi connectivity index (χ4v) is 3.21. The van der Waals surface area contributed by atoms with Crippen molar-refractivity contribution in [2.24, 2.45) is 11.8 Å². The molecule has 116 valence electrons. The molecule has 21 heavy (non-hydrogen) atoms. The molecule has 0 amide bonds. The van der Waals surface area contributed by atoms with Gasteiger partial charge in [-0.15, -0.1) is 0 Å². The molecule has 1 N–H and O–H groups in total. The van der Waals surface area contributed by atoms with E-state index >= 15 is 0 Å². The van der Waals surface area contributed by atoms with Crippen LogP contribution in [0.3, 0.4) is 0 Å². The van der Waals surface area contributed by atoms with E-state index in [1.807, 2.05) is 0 Å². The van der Waals surface area contributed by atoms with Gasteiger partial charge in [-0.3, -0.25) is 0 Å². The summed E-state index contributed by atoms with van der Waals surface area (Å²) in [5.41, 5.74) is 0.234. The lowest BCUT2D eigenvalue weighted by Crippen LogP contribution is -2.39. The first-order valence-electron chi connectivity index (χ1n) is 7.73. The Kier molecular flexibility index (Phi) is 5.62. The number of hydrogen-bond donors (Lipinski definition) is 1. The van der Waals surface area contributed by atoms with E-state index in [9.17, 15) is 4.79 Å². The maximum Gasteiger partial charge on any atom is 0.339 e. The van der Waals surface area contributed by atoms with Crippen LogP contribution in [0.4, 0.5) is 0 Å². The molecular weight excluding hydrogens is 266 g/mol. The largest absolute Gasteiger partial charge is 0.493 e. The van der Waals surface area contributed by atoms with E-state index in [0.717, 1.165) is 37.9 Å². The van der Waals surface area contributed by atoms with Crippen LogP contribution in [-0.2, 0) is 0 Å². The van der Waals surface area contributed by atoms with Crippen LogP contribution < -0.4 is 4.74 Å². The van der Waals surface area contributed by atoms with Crippen molar-refractivity contribution in [3.63, 3.8) is 0 Å². The summed E-state index contributed by atoms with van der Waals surface area (Å²) in [6, 6.07) is 6.81. The lowest BCUT2D eigenvalue weighted by Gasteiger charge is -2.34. The van der Waals surface area contributed by atoms with Crippen LogP contribution in [0.25, 0.3) is 0 Å². The van der Waals surface area contributed by atoms with Crippen molar-refractivity contribution in [3.8, 4) is 5.75 Å². The number of carboxylic acid groups (broad SMARTS) is 1. The Labute approximate surface area is 126 Å².